The third-order valence-electron chi connectivity index (χ3n) is 3.92. The highest BCUT2D eigenvalue weighted by Gasteiger charge is 2.28. The van der Waals surface area contributed by atoms with Crippen LogP contribution in [-0.4, -0.2) is 24.3 Å². The lowest BCUT2D eigenvalue weighted by molar-refractivity contribution is 0.357. The highest BCUT2D eigenvalue weighted by Crippen LogP contribution is 2.53. The van der Waals surface area contributed by atoms with Gasteiger partial charge in [0.05, 0.1) is 19.9 Å². The molecule has 2 aromatic carbocycles. The van der Waals surface area contributed by atoms with Gasteiger partial charge in [0.25, 0.3) is 0 Å². The highest BCUT2D eigenvalue weighted by atomic mass is 16.5. The Hall–Kier alpha value is -2.75. The summed E-state index contributed by atoms with van der Waals surface area (Å²) in [5.41, 5.74) is 3.77. The minimum Gasteiger partial charge on any atom is -0.508 e. The quantitative estimate of drug-likeness (QED) is 0.609. The van der Waals surface area contributed by atoms with E-state index in [4.69, 9.17) is 9.47 Å². The summed E-state index contributed by atoms with van der Waals surface area (Å²) in [6.45, 7) is 0. The largest absolute Gasteiger partial charge is 0.508 e. The maximum atomic E-state index is 9.77. The van der Waals surface area contributed by atoms with Gasteiger partial charge in [-0.15, -0.1) is 0 Å². The fourth-order valence-electron chi connectivity index (χ4n) is 3.06. The van der Waals surface area contributed by atoms with Gasteiger partial charge >= 0.3 is 0 Å². The van der Waals surface area contributed by atoms with Crippen LogP contribution in [0.15, 0.2) is 36.5 Å². The monoisotopic (exact) mass is 279 g/mol. The smallest absolute Gasteiger partial charge is 0.169 e. The second-order valence-electron chi connectivity index (χ2n) is 4.97. The summed E-state index contributed by atoms with van der Waals surface area (Å²) in [6.07, 6.45) is 1.77. The van der Waals surface area contributed by atoms with E-state index in [-0.39, 0.29) is 5.75 Å². The van der Waals surface area contributed by atoms with Crippen molar-refractivity contribution in [1.82, 2.24) is 4.98 Å². The Labute approximate surface area is 121 Å². The standard InChI is InChI=1S/C17H13NO3/c1-20-13-7-9-5-6-18-16-12-8-10(19)3-4-11(12)15(14(9)16)17(13)21-2/h3-8,19H,1-2H3. The average Bonchev–Trinajstić information content (AvgIpc) is 2.83. The van der Waals surface area contributed by atoms with Gasteiger partial charge in [-0.05, 0) is 41.3 Å². The summed E-state index contributed by atoms with van der Waals surface area (Å²) < 4.78 is 11.0. The third-order valence-corrected chi connectivity index (χ3v) is 3.92. The van der Waals surface area contributed by atoms with Crippen molar-refractivity contribution in [3.63, 3.8) is 0 Å². The van der Waals surface area contributed by atoms with Gasteiger partial charge in [-0.25, -0.2) is 0 Å². The van der Waals surface area contributed by atoms with E-state index in [9.17, 15) is 5.11 Å². The molecule has 4 heteroatoms. The van der Waals surface area contributed by atoms with Gasteiger partial charge in [-0.1, -0.05) is 0 Å². The van der Waals surface area contributed by atoms with Crippen LogP contribution in [0.4, 0.5) is 0 Å². The first kappa shape index (κ1) is 12.0. The number of hydrogen-bond donors (Lipinski definition) is 1. The van der Waals surface area contributed by atoms with E-state index in [1.165, 1.54) is 0 Å². The molecule has 0 aliphatic heterocycles. The van der Waals surface area contributed by atoms with Crippen LogP contribution < -0.4 is 9.47 Å². The number of ether oxygens (including phenoxy) is 2. The van der Waals surface area contributed by atoms with Crippen molar-refractivity contribution < 1.29 is 14.6 Å². The molecule has 0 saturated heterocycles. The number of aromatic nitrogens is 1. The molecule has 0 radical (unpaired) electrons. The number of aromatic hydroxyl groups is 1. The van der Waals surface area contributed by atoms with Crippen molar-refractivity contribution in [3.8, 4) is 39.6 Å². The molecule has 104 valence electrons. The zero-order valence-corrected chi connectivity index (χ0v) is 11.7. The van der Waals surface area contributed by atoms with Gasteiger partial charge in [0.1, 0.15) is 5.75 Å². The van der Waals surface area contributed by atoms with E-state index in [0.717, 1.165) is 33.2 Å². The highest BCUT2D eigenvalue weighted by molar-refractivity contribution is 6.16. The topological polar surface area (TPSA) is 51.6 Å². The molecule has 1 aromatic heterocycles. The summed E-state index contributed by atoms with van der Waals surface area (Å²) in [4.78, 5) is 4.48. The molecule has 0 bridgehead atoms. The summed E-state index contributed by atoms with van der Waals surface area (Å²) >= 11 is 0. The molecule has 0 unspecified atom stereocenters. The molecule has 0 saturated carbocycles. The molecular weight excluding hydrogens is 266 g/mol. The molecular formula is C17H13NO3. The Morgan fingerprint density at radius 1 is 1.00 bits per heavy atom. The predicted molar refractivity (Wildman–Crippen MR) is 80.9 cm³/mol. The maximum Gasteiger partial charge on any atom is 0.169 e. The van der Waals surface area contributed by atoms with Crippen LogP contribution in [0.1, 0.15) is 0 Å². The predicted octanol–water partition coefficient (Wildman–Crippen LogP) is 3.61. The fourth-order valence-corrected chi connectivity index (χ4v) is 3.06. The van der Waals surface area contributed by atoms with Crippen LogP contribution in [0.25, 0.3) is 33.2 Å². The summed E-state index contributed by atoms with van der Waals surface area (Å²) in [5.74, 6) is 1.62. The lowest BCUT2D eigenvalue weighted by Gasteiger charge is -2.13. The second-order valence-corrected chi connectivity index (χ2v) is 4.97. The van der Waals surface area contributed by atoms with Crippen molar-refractivity contribution in [2.75, 3.05) is 14.2 Å². The van der Waals surface area contributed by atoms with Crippen LogP contribution in [0.2, 0.25) is 0 Å². The number of hydrogen-bond acceptors (Lipinski definition) is 4. The van der Waals surface area contributed by atoms with Crippen LogP contribution in [0.5, 0.6) is 17.2 Å². The number of phenolic OH excluding ortho intramolecular Hbond substituents is 1. The molecule has 4 nitrogen and oxygen atoms in total. The van der Waals surface area contributed by atoms with E-state index in [2.05, 4.69) is 4.98 Å². The maximum absolute atomic E-state index is 9.77. The molecule has 21 heavy (non-hydrogen) atoms. The lowest BCUT2D eigenvalue weighted by Crippen LogP contribution is -1.93. The van der Waals surface area contributed by atoms with Crippen LogP contribution in [-0.2, 0) is 0 Å². The lowest BCUT2D eigenvalue weighted by atomic mass is 10.0. The molecule has 4 rings (SSSR count). The number of rotatable bonds is 2. The number of methoxy groups -OCH3 is 2. The second kappa shape index (κ2) is 4.12. The number of phenols is 1. The Morgan fingerprint density at radius 2 is 1.86 bits per heavy atom. The summed E-state index contributed by atoms with van der Waals surface area (Å²) in [7, 11) is 3.26. The van der Waals surface area contributed by atoms with Gasteiger partial charge in [-0.2, -0.15) is 0 Å². The van der Waals surface area contributed by atoms with E-state index >= 15 is 0 Å². The van der Waals surface area contributed by atoms with Gasteiger partial charge < -0.3 is 14.6 Å². The Balaban J connectivity index is 2.23. The molecule has 0 spiro atoms. The van der Waals surface area contributed by atoms with Crippen LogP contribution in [0, 0.1) is 0 Å². The molecule has 0 fully saturated rings. The molecule has 1 aliphatic carbocycles. The number of fused-ring (bicyclic) bond motifs is 3. The van der Waals surface area contributed by atoms with Crippen molar-refractivity contribution in [2.45, 2.75) is 0 Å². The molecule has 0 atom stereocenters. The van der Waals surface area contributed by atoms with Gasteiger partial charge in [0.2, 0.25) is 0 Å². The molecule has 1 aliphatic rings. The van der Waals surface area contributed by atoms with E-state index in [1.807, 2.05) is 18.2 Å². The molecule has 1 N–H and O–H groups in total. The van der Waals surface area contributed by atoms with E-state index < -0.39 is 0 Å². The molecule has 3 aromatic rings. The SMILES string of the molecule is COc1cc2ccnc3c2c(c1OC)-c1ccc(O)cc1-3. The Bertz CT molecular complexity index is 887. The van der Waals surface area contributed by atoms with Crippen LogP contribution >= 0.6 is 0 Å². The van der Waals surface area contributed by atoms with E-state index in [0.29, 0.717) is 11.5 Å². The van der Waals surface area contributed by atoms with Crippen molar-refractivity contribution in [1.29, 1.82) is 0 Å². The molecule has 1 heterocycles. The third kappa shape index (κ3) is 1.47. The Morgan fingerprint density at radius 3 is 2.62 bits per heavy atom. The first-order valence-electron chi connectivity index (χ1n) is 6.62. The number of benzene rings is 2. The average molecular weight is 279 g/mol. The molecule has 0 amide bonds. The summed E-state index contributed by atoms with van der Waals surface area (Å²) in [6, 6.07) is 9.21. The first-order chi connectivity index (χ1) is 10.2. The van der Waals surface area contributed by atoms with Gasteiger partial charge in [-0.3, -0.25) is 4.98 Å². The van der Waals surface area contributed by atoms with Crippen LogP contribution in [0.3, 0.4) is 0 Å². The minimum atomic E-state index is 0.228. The van der Waals surface area contributed by atoms with E-state index in [1.54, 1.807) is 32.5 Å². The number of pyridine rings is 1. The zero-order chi connectivity index (χ0) is 14.6. The van der Waals surface area contributed by atoms with Crippen molar-refractivity contribution in [2.24, 2.45) is 0 Å². The first-order valence-corrected chi connectivity index (χ1v) is 6.62. The Kier molecular flexibility index (Phi) is 2.36. The zero-order valence-electron chi connectivity index (χ0n) is 11.7. The van der Waals surface area contributed by atoms with Gasteiger partial charge in [0, 0.05) is 22.7 Å². The van der Waals surface area contributed by atoms with Crippen molar-refractivity contribution >= 4 is 10.8 Å². The fraction of sp³-hybridized carbons (Fsp3) is 0.118. The number of nitrogens with zero attached hydrogens (tertiary/aromatic N) is 1. The summed E-state index contributed by atoms with van der Waals surface area (Å²) in [5, 5.41) is 11.9. The van der Waals surface area contributed by atoms with Gasteiger partial charge in [0.15, 0.2) is 11.5 Å². The minimum absolute atomic E-state index is 0.228. The normalized spacial score (nSPS) is 11.5. The van der Waals surface area contributed by atoms with Crippen molar-refractivity contribution in [3.05, 3.63) is 36.5 Å².